The Kier molecular flexibility index (Phi) is 5.65. The number of aliphatic hydroxyl groups excluding tert-OH is 1. The molecule has 1 saturated carbocycles. The van der Waals surface area contributed by atoms with Crippen LogP contribution in [0, 0.1) is 0 Å². The van der Waals surface area contributed by atoms with Gasteiger partial charge in [0.25, 0.3) is 5.91 Å². The van der Waals surface area contributed by atoms with Gasteiger partial charge in [-0.15, -0.1) is 0 Å². The van der Waals surface area contributed by atoms with Crippen molar-refractivity contribution in [3.05, 3.63) is 30.1 Å². The molecule has 2 amide bonds. The van der Waals surface area contributed by atoms with E-state index in [2.05, 4.69) is 15.2 Å². The fourth-order valence-corrected chi connectivity index (χ4v) is 3.83. The van der Waals surface area contributed by atoms with Gasteiger partial charge in [-0.1, -0.05) is 0 Å². The number of nitrogens with zero attached hydrogens (tertiary/aromatic N) is 3. The maximum atomic E-state index is 12.3. The van der Waals surface area contributed by atoms with Crippen LogP contribution in [0.4, 0.5) is 0 Å². The maximum absolute atomic E-state index is 12.3. The van der Waals surface area contributed by atoms with Crippen LogP contribution in [0.1, 0.15) is 36.5 Å². The first-order chi connectivity index (χ1) is 12.1. The van der Waals surface area contributed by atoms with Crippen LogP contribution in [0.2, 0.25) is 0 Å². The van der Waals surface area contributed by atoms with Crippen LogP contribution in [0.25, 0.3) is 0 Å². The number of piperazine rings is 1. The number of pyridine rings is 1. The molecular formula is C18H26N4O3. The quantitative estimate of drug-likeness (QED) is 0.820. The second kappa shape index (κ2) is 7.93. The molecule has 1 aromatic heterocycles. The lowest BCUT2D eigenvalue weighted by Gasteiger charge is -2.45. The number of hydrogen-bond donors (Lipinski definition) is 2. The minimum Gasteiger partial charge on any atom is -0.389 e. The first-order valence-corrected chi connectivity index (χ1v) is 8.95. The van der Waals surface area contributed by atoms with Crippen molar-refractivity contribution in [1.29, 1.82) is 0 Å². The molecule has 0 radical (unpaired) electrons. The molecule has 0 bridgehead atoms. The molecule has 0 unspecified atom stereocenters. The zero-order valence-electron chi connectivity index (χ0n) is 14.6. The third-order valence-corrected chi connectivity index (χ3v) is 5.29. The van der Waals surface area contributed by atoms with Gasteiger partial charge in [-0.25, -0.2) is 0 Å². The Morgan fingerprint density at radius 2 is 2.00 bits per heavy atom. The van der Waals surface area contributed by atoms with E-state index in [1.165, 1.54) is 6.20 Å². The molecule has 2 heterocycles. The zero-order valence-corrected chi connectivity index (χ0v) is 14.6. The summed E-state index contributed by atoms with van der Waals surface area (Å²) in [6.07, 6.45) is 5.22. The van der Waals surface area contributed by atoms with Gasteiger partial charge in [0.2, 0.25) is 5.91 Å². The molecular weight excluding hydrogens is 320 g/mol. The van der Waals surface area contributed by atoms with Gasteiger partial charge < -0.3 is 15.3 Å². The maximum Gasteiger partial charge on any atom is 0.253 e. The van der Waals surface area contributed by atoms with Gasteiger partial charge in [-0.2, -0.15) is 0 Å². The zero-order chi connectivity index (χ0) is 17.8. The largest absolute Gasteiger partial charge is 0.389 e. The van der Waals surface area contributed by atoms with Gasteiger partial charge >= 0.3 is 0 Å². The Morgan fingerprint density at radius 3 is 2.64 bits per heavy atom. The molecule has 7 nitrogen and oxygen atoms in total. The number of hydrogen-bond acceptors (Lipinski definition) is 5. The monoisotopic (exact) mass is 346 g/mol. The predicted molar refractivity (Wildman–Crippen MR) is 93.0 cm³/mol. The van der Waals surface area contributed by atoms with E-state index in [0.29, 0.717) is 18.7 Å². The van der Waals surface area contributed by atoms with Gasteiger partial charge in [0.15, 0.2) is 0 Å². The van der Waals surface area contributed by atoms with E-state index in [0.717, 1.165) is 32.4 Å². The van der Waals surface area contributed by atoms with E-state index >= 15 is 0 Å². The van der Waals surface area contributed by atoms with Crippen molar-refractivity contribution in [1.82, 2.24) is 20.1 Å². The van der Waals surface area contributed by atoms with Crippen LogP contribution in [0.3, 0.4) is 0 Å². The SMILES string of the molecule is CC(=O)N1CCN([C@@H]2CCC[C@@H](NC(=O)c3cccnc3)[C@H]2O)CC1. The van der Waals surface area contributed by atoms with Crippen molar-refractivity contribution >= 4 is 11.8 Å². The van der Waals surface area contributed by atoms with E-state index < -0.39 is 6.10 Å². The summed E-state index contributed by atoms with van der Waals surface area (Å²) < 4.78 is 0. The van der Waals surface area contributed by atoms with Crippen molar-refractivity contribution in [2.24, 2.45) is 0 Å². The molecule has 2 aliphatic rings. The van der Waals surface area contributed by atoms with Gasteiger partial charge in [0.1, 0.15) is 0 Å². The van der Waals surface area contributed by atoms with Crippen molar-refractivity contribution < 1.29 is 14.7 Å². The molecule has 2 fully saturated rings. The normalized spacial score (nSPS) is 27.8. The van der Waals surface area contributed by atoms with E-state index in [9.17, 15) is 14.7 Å². The van der Waals surface area contributed by atoms with Crippen LogP contribution in [-0.2, 0) is 4.79 Å². The average molecular weight is 346 g/mol. The van der Waals surface area contributed by atoms with Crippen molar-refractivity contribution in [3.8, 4) is 0 Å². The van der Waals surface area contributed by atoms with Gasteiger partial charge in [-0.3, -0.25) is 19.5 Å². The summed E-state index contributed by atoms with van der Waals surface area (Å²) in [4.78, 5) is 31.9. The fraction of sp³-hybridized carbons (Fsp3) is 0.611. The molecule has 1 aliphatic heterocycles. The molecule has 3 atom stereocenters. The van der Waals surface area contributed by atoms with Crippen LogP contribution in [0.5, 0.6) is 0 Å². The minimum atomic E-state index is -0.599. The lowest BCUT2D eigenvalue weighted by molar-refractivity contribution is -0.131. The number of amides is 2. The summed E-state index contributed by atoms with van der Waals surface area (Å²) in [6.45, 7) is 4.53. The van der Waals surface area contributed by atoms with E-state index in [1.807, 2.05) is 4.90 Å². The van der Waals surface area contributed by atoms with Crippen molar-refractivity contribution in [3.63, 3.8) is 0 Å². The van der Waals surface area contributed by atoms with Crippen molar-refractivity contribution in [2.75, 3.05) is 26.2 Å². The molecule has 1 aromatic rings. The summed E-state index contributed by atoms with van der Waals surface area (Å²) in [5.74, 6) is -0.0929. The molecule has 7 heteroatoms. The molecule has 25 heavy (non-hydrogen) atoms. The Bertz CT molecular complexity index is 602. The lowest BCUT2D eigenvalue weighted by Crippen LogP contribution is -2.60. The molecule has 0 spiro atoms. The van der Waals surface area contributed by atoms with Gasteiger partial charge in [-0.05, 0) is 31.4 Å². The summed E-state index contributed by atoms with van der Waals surface area (Å²) in [5.41, 5.74) is 0.506. The molecule has 1 saturated heterocycles. The molecule has 3 rings (SSSR count). The van der Waals surface area contributed by atoms with E-state index in [4.69, 9.17) is 0 Å². The number of aromatic nitrogens is 1. The Morgan fingerprint density at radius 1 is 1.24 bits per heavy atom. The highest BCUT2D eigenvalue weighted by Crippen LogP contribution is 2.25. The summed E-state index contributed by atoms with van der Waals surface area (Å²) in [5, 5.41) is 13.8. The number of nitrogens with one attached hydrogen (secondary N) is 1. The van der Waals surface area contributed by atoms with Crippen LogP contribution in [0.15, 0.2) is 24.5 Å². The van der Waals surface area contributed by atoms with E-state index in [1.54, 1.807) is 25.3 Å². The Hall–Kier alpha value is -1.99. The summed E-state index contributed by atoms with van der Waals surface area (Å²) >= 11 is 0. The molecule has 1 aliphatic carbocycles. The third kappa shape index (κ3) is 4.16. The first kappa shape index (κ1) is 17.8. The predicted octanol–water partition coefficient (Wildman–Crippen LogP) is 0.258. The topological polar surface area (TPSA) is 85.8 Å². The number of rotatable bonds is 3. The number of aliphatic hydroxyl groups is 1. The first-order valence-electron chi connectivity index (χ1n) is 8.95. The number of carbonyl (C=O) groups excluding carboxylic acids is 2. The van der Waals surface area contributed by atoms with Crippen molar-refractivity contribution in [2.45, 2.75) is 44.4 Å². The highest BCUT2D eigenvalue weighted by atomic mass is 16.3. The second-order valence-corrected chi connectivity index (χ2v) is 6.85. The van der Waals surface area contributed by atoms with Crippen LogP contribution >= 0.6 is 0 Å². The smallest absolute Gasteiger partial charge is 0.253 e. The summed E-state index contributed by atoms with van der Waals surface area (Å²) in [6, 6.07) is 3.22. The summed E-state index contributed by atoms with van der Waals surface area (Å²) in [7, 11) is 0. The average Bonchev–Trinajstić information content (AvgIpc) is 2.64. The standard InChI is InChI=1S/C18H26N4O3/c1-13(23)21-8-10-22(11-9-21)16-6-2-5-15(17(16)24)20-18(25)14-4-3-7-19-12-14/h3-4,7,12,15-17,24H,2,5-6,8-11H2,1H3,(H,20,25)/t15-,16-,17-/m1/s1. The Labute approximate surface area is 148 Å². The molecule has 0 aromatic carbocycles. The Balaban J connectivity index is 1.59. The van der Waals surface area contributed by atoms with Gasteiger partial charge in [0, 0.05) is 51.5 Å². The molecule has 2 N–H and O–H groups in total. The fourth-order valence-electron chi connectivity index (χ4n) is 3.83. The van der Waals surface area contributed by atoms with Crippen LogP contribution < -0.4 is 5.32 Å². The highest BCUT2D eigenvalue weighted by molar-refractivity contribution is 5.94. The van der Waals surface area contributed by atoms with E-state index in [-0.39, 0.29) is 23.9 Å². The molecule has 136 valence electrons. The van der Waals surface area contributed by atoms with Gasteiger partial charge in [0.05, 0.1) is 17.7 Å². The van der Waals surface area contributed by atoms with Crippen LogP contribution in [-0.4, -0.2) is 76.1 Å². The lowest BCUT2D eigenvalue weighted by atomic mass is 9.86. The third-order valence-electron chi connectivity index (χ3n) is 5.29. The second-order valence-electron chi connectivity index (χ2n) is 6.85. The number of carbonyl (C=O) groups is 2. The highest BCUT2D eigenvalue weighted by Gasteiger charge is 2.37. The minimum absolute atomic E-state index is 0.0297.